The molecule has 21 heavy (non-hydrogen) atoms. The predicted octanol–water partition coefficient (Wildman–Crippen LogP) is -0.358. The minimum absolute atomic E-state index is 0.0488. The smallest absolute Gasteiger partial charge is 0.318 e. The number of sulfonamides is 2. The van der Waals surface area contributed by atoms with Gasteiger partial charge >= 0.3 is 5.97 Å². The summed E-state index contributed by atoms with van der Waals surface area (Å²) in [5.41, 5.74) is 0. The van der Waals surface area contributed by atoms with Crippen LogP contribution in [0.25, 0.3) is 0 Å². The lowest BCUT2D eigenvalue weighted by Crippen LogP contribution is -2.32. The molecule has 1 aromatic rings. The molecule has 0 aliphatic rings. The second-order valence-corrected chi connectivity index (χ2v) is 8.61. The monoisotopic (exact) mass is 336 g/mol. The lowest BCUT2D eigenvalue weighted by molar-refractivity contribution is -0.137. The van der Waals surface area contributed by atoms with Crippen LogP contribution in [-0.4, -0.2) is 64.2 Å². The normalized spacial score (nSPS) is 12.8. The van der Waals surface area contributed by atoms with Gasteiger partial charge in [0, 0.05) is 21.1 Å². The van der Waals surface area contributed by atoms with Gasteiger partial charge in [0.15, 0.2) is 0 Å². The Bertz CT molecular complexity index is 722. The van der Waals surface area contributed by atoms with Crippen LogP contribution in [0.4, 0.5) is 0 Å². The van der Waals surface area contributed by atoms with Gasteiger partial charge in [0.2, 0.25) is 20.0 Å². The van der Waals surface area contributed by atoms with Gasteiger partial charge in [-0.25, -0.2) is 21.1 Å². The van der Waals surface area contributed by atoms with E-state index in [0.29, 0.717) is 4.31 Å². The van der Waals surface area contributed by atoms with E-state index in [-0.39, 0.29) is 9.79 Å². The Labute approximate surface area is 123 Å². The summed E-state index contributed by atoms with van der Waals surface area (Å²) in [7, 11) is -3.76. The first-order valence-corrected chi connectivity index (χ1v) is 8.58. The first kappa shape index (κ1) is 17.6. The second kappa shape index (κ2) is 6.10. The Morgan fingerprint density at radius 2 is 1.33 bits per heavy atom. The van der Waals surface area contributed by atoms with Crippen LogP contribution in [0.2, 0.25) is 0 Å². The molecule has 1 N–H and O–H groups in total. The minimum Gasteiger partial charge on any atom is -0.480 e. The van der Waals surface area contributed by atoms with E-state index >= 15 is 0 Å². The Balaban J connectivity index is 3.16. The first-order valence-electron chi connectivity index (χ1n) is 5.70. The summed E-state index contributed by atoms with van der Waals surface area (Å²) >= 11 is 0. The molecule has 0 unspecified atom stereocenters. The van der Waals surface area contributed by atoms with Crippen molar-refractivity contribution in [1.82, 2.24) is 8.61 Å². The maximum atomic E-state index is 12.1. The summed E-state index contributed by atoms with van der Waals surface area (Å²) < 4.78 is 49.5. The molecule has 0 aliphatic heterocycles. The molecule has 0 spiro atoms. The largest absolute Gasteiger partial charge is 0.480 e. The molecule has 10 heteroatoms. The third-order valence-electron chi connectivity index (χ3n) is 2.67. The quantitative estimate of drug-likeness (QED) is 0.759. The van der Waals surface area contributed by atoms with Gasteiger partial charge in [-0.05, 0) is 24.3 Å². The molecular weight excluding hydrogens is 320 g/mol. The number of carboxylic acid groups (broad SMARTS) is 1. The summed E-state index contributed by atoms with van der Waals surface area (Å²) in [6.45, 7) is -0.680. The number of likely N-dealkylation sites (N-methyl/N-ethyl adjacent to an activating group) is 1. The molecule has 8 nitrogen and oxygen atoms in total. The van der Waals surface area contributed by atoms with E-state index in [1.165, 1.54) is 14.1 Å². The molecule has 0 atom stereocenters. The molecule has 0 heterocycles. The van der Waals surface area contributed by atoms with Crippen LogP contribution in [0.5, 0.6) is 0 Å². The number of benzene rings is 1. The summed E-state index contributed by atoms with van der Waals surface area (Å²) in [5.74, 6) is -1.28. The Hall–Kier alpha value is -1.49. The molecule has 0 aliphatic carbocycles. The summed E-state index contributed by atoms with van der Waals surface area (Å²) in [6, 6.07) is 4.59. The van der Waals surface area contributed by atoms with E-state index in [0.717, 1.165) is 35.6 Å². The molecule has 1 rings (SSSR count). The Kier molecular flexibility index (Phi) is 5.10. The van der Waals surface area contributed by atoms with Crippen molar-refractivity contribution in [3.8, 4) is 0 Å². The summed E-state index contributed by atoms with van der Waals surface area (Å²) in [6.07, 6.45) is 0. The van der Waals surface area contributed by atoms with Crippen molar-refractivity contribution in [2.75, 3.05) is 27.7 Å². The van der Waals surface area contributed by atoms with Crippen molar-refractivity contribution < 1.29 is 26.7 Å². The minimum atomic E-state index is -3.97. The molecule has 0 saturated heterocycles. The van der Waals surface area contributed by atoms with Gasteiger partial charge < -0.3 is 5.11 Å². The van der Waals surface area contributed by atoms with Crippen LogP contribution < -0.4 is 0 Å². The molecule has 0 bridgehead atoms. The number of hydrogen-bond acceptors (Lipinski definition) is 5. The van der Waals surface area contributed by atoms with E-state index in [9.17, 15) is 21.6 Å². The van der Waals surface area contributed by atoms with Crippen molar-refractivity contribution >= 4 is 26.0 Å². The van der Waals surface area contributed by atoms with E-state index in [1.54, 1.807) is 0 Å². The highest BCUT2D eigenvalue weighted by atomic mass is 32.2. The van der Waals surface area contributed by atoms with Gasteiger partial charge in [0.05, 0.1) is 9.79 Å². The zero-order valence-electron chi connectivity index (χ0n) is 11.7. The third kappa shape index (κ3) is 3.79. The molecule has 118 valence electrons. The molecule has 1 aromatic carbocycles. The molecule has 0 amide bonds. The predicted molar refractivity (Wildman–Crippen MR) is 74.8 cm³/mol. The average Bonchev–Trinajstić information content (AvgIpc) is 2.37. The summed E-state index contributed by atoms with van der Waals surface area (Å²) in [5, 5.41) is 8.62. The highest BCUT2D eigenvalue weighted by Crippen LogP contribution is 2.19. The molecule has 0 saturated carbocycles. The number of hydrogen-bond donors (Lipinski definition) is 1. The number of rotatable bonds is 6. The van der Waals surface area contributed by atoms with Gasteiger partial charge in [-0.3, -0.25) is 4.79 Å². The van der Waals surface area contributed by atoms with Crippen LogP contribution >= 0.6 is 0 Å². The Morgan fingerprint density at radius 3 is 1.67 bits per heavy atom. The van der Waals surface area contributed by atoms with E-state index in [4.69, 9.17) is 5.11 Å². The standard InChI is InChI=1S/C11H16N2O6S2/c1-12(2)20(16,17)9-4-6-10(7-5-9)21(18,19)13(3)8-11(14)15/h4-7H,8H2,1-3H3,(H,14,15). The molecule has 0 radical (unpaired) electrons. The lowest BCUT2D eigenvalue weighted by Gasteiger charge is -2.16. The summed E-state index contributed by atoms with van der Waals surface area (Å²) in [4.78, 5) is 10.3. The molecule has 0 aromatic heterocycles. The maximum Gasteiger partial charge on any atom is 0.318 e. The van der Waals surface area contributed by atoms with E-state index < -0.39 is 32.6 Å². The van der Waals surface area contributed by atoms with Crippen LogP contribution in [-0.2, 0) is 24.8 Å². The number of nitrogens with zero attached hydrogens (tertiary/aromatic N) is 2. The highest BCUT2D eigenvalue weighted by molar-refractivity contribution is 7.89. The fourth-order valence-electron chi connectivity index (χ4n) is 1.45. The second-order valence-electron chi connectivity index (χ2n) is 4.41. The zero-order valence-corrected chi connectivity index (χ0v) is 13.3. The van der Waals surface area contributed by atoms with Crippen LogP contribution in [0.15, 0.2) is 34.1 Å². The lowest BCUT2D eigenvalue weighted by atomic mass is 10.4. The molecular formula is C11H16N2O6S2. The average molecular weight is 336 g/mol. The highest BCUT2D eigenvalue weighted by Gasteiger charge is 2.24. The van der Waals surface area contributed by atoms with Crippen LogP contribution in [0, 0.1) is 0 Å². The zero-order chi connectivity index (χ0) is 16.4. The third-order valence-corrected chi connectivity index (χ3v) is 6.32. The maximum absolute atomic E-state index is 12.1. The topological polar surface area (TPSA) is 112 Å². The Morgan fingerprint density at radius 1 is 0.952 bits per heavy atom. The number of carbonyl (C=O) groups is 1. The SMILES string of the molecule is CN(C)S(=O)(=O)c1ccc(S(=O)(=O)N(C)CC(=O)O)cc1. The van der Waals surface area contributed by atoms with Gasteiger partial charge in [-0.15, -0.1) is 0 Å². The fraction of sp³-hybridized carbons (Fsp3) is 0.364. The van der Waals surface area contributed by atoms with Gasteiger partial charge in [0.25, 0.3) is 0 Å². The van der Waals surface area contributed by atoms with E-state index in [1.807, 2.05) is 0 Å². The van der Waals surface area contributed by atoms with Crippen molar-refractivity contribution in [2.24, 2.45) is 0 Å². The van der Waals surface area contributed by atoms with Gasteiger partial charge in [-0.2, -0.15) is 4.31 Å². The van der Waals surface area contributed by atoms with Crippen molar-refractivity contribution in [1.29, 1.82) is 0 Å². The first-order chi connectivity index (χ1) is 9.49. The van der Waals surface area contributed by atoms with E-state index in [2.05, 4.69) is 0 Å². The van der Waals surface area contributed by atoms with Gasteiger partial charge in [-0.1, -0.05) is 0 Å². The fourth-order valence-corrected chi connectivity index (χ4v) is 3.47. The number of aliphatic carboxylic acids is 1. The number of carboxylic acids is 1. The van der Waals surface area contributed by atoms with Crippen molar-refractivity contribution in [2.45, 2.75) is 9.79 Å². The van der Waals surface area contributed by atoms with Crippen molar-refractivity contribution in [3.63, 3.8) is 0 Å². The van der Waals surface area contributed by atoms with Crippen molar-refractivity contribution in [3.05, 3.63) is 24.3 Å². The van der Waals surface area contributed by atoms with Gasteiger partial charge in [0.1, 0.15) is 6.54 Å². The molecule has 0 fully saturated rings. The van der Waals surface area contributed by atoms with Crippen LogP contribution in [0.1, 0.15) is 0 Å². The van der Waals surface area contributed by atoms with Crippen LogP contribution in [0.3, 0.4) is 0 Å².